The molecule has 682 valence electrons. The SMILES string of the molecule is CC1(C)c2cccc3c4ccccc4c4cccc5c4c4c(c1ccc4n5-c1ccc4nc(-c5ccccc5)c(-c5ccccc5)nc4c1)c23.CC1(C)c2cccc3c4ccccc4c4cccc5c4c4c(c1ccc4n5-c1nc4c(ccc5ccccc54)nc1-c1ccccc1)c23.CC1(C)c2cccc3c4ccccc4c4cccc5c4c4c(c1ccc4n5-c1nc4ccc5ccccc5c4nc1-c1ccccc1)c23. The highest BCUT2D eigenvalue weighted by molar-refractivity contribution is 6.39. The van der Waals surface area contributed by atoms with E-state index in [9.17, 15) is 0 Å². The summed E-state index contributed by atoms with van der Waals surface area (Å²) in [4.78, 5) is 32.6. The van der Waals surface area contributed by atoms with Gasteiger partial charge in [-0.05, 0) is 208 Å². The van der Waals surface area contributed by atoms with Crippen LogP contribution in [-0.2, 0) is 16.2 Å². The predicted octanol–water partition coefficient (Wildman–Crippen LogP) is 35.5. The molecule has 33 rings (SSSR count). The zero-order valence-electron chi connectivity index (χ0n) is 81.0. The van der Waals surface area contributed by atoms with Crippen molar-refractivity contribution in [2.75, 3.05) is 0 Å². The fourth-order valence-electron chi connectivity index (χ4n) is 26.4. The third-order valence-electron chi connectivity index (χ3n) is 33.0. The van der Waals surface area contributed by atoms with E-state index >= 15 is 0 Å². The molecule has 0 bridgehead atoms. The molecule has 146 heavy (non-hydrogen) atoms. The average molecular weight is 1860 g/mol. The van der Waals surface area contributed by atoms with E-state index in [0.29, 0.717) is 0 Å². The van der Waals surface area contributed by atoms with Gasteiger partial charge in [0.15, 0.2) is 11.6 Å². The van der Waals surface area contributed by atoms with Crippen LogP contribution >= 0.6 is 0 Å². The standard InChI is InChI=1S/C47H31N3.2C45H29N3/c1-47(2)35-21-11-19-33-31-17-9-10-18-32(31)34-20-12-22-39-42(34)44-40(26-24-36(47)43(44)41(33)35)50(39)30-23-25-37-38(27-30)49-46(29-15-7-4-8-16-29)45(48-37)28-13-5-3-6-14-28;1-45(2)33-20-10-18-31-29-16-8-9-17-30(29)32-19-11-21-36-39(32)41-37(25-23-34(45)40(41)38(31)33)48(36)44-42(27-13-4-3-5-14-27)47-43-28-15-7-6-12-26(28)22-24-35(43)46-44;1-45(2)33-20-10-18-31-29-16-8-9-17-30(29)32-19-11-21-36-39(32)41-37(25-23-34(45)40(41)38(31)33)48(36)44-42(27-13-4-3-5-14-27)46-35-24-22-26-12-6-7-15-28(26)43(35)47-44/h3-27H,1-2H3;2*3-25H,1-2H3. The molecular formula is C137H89N9. The second-order valence-electron chi connectivity index (χ2n) is 41.6. The Labute approximate surface area is 838 Å². The fourth-order valence-corrected chi connectivity index (χ4v) is 26.4. The predicted molar refractivity (Wildman–Crippen MR) is 612 cm³/mol. The molecule has 0 radical (unpaired) electrons. The van der Waals surface area contributed by atoms with Crippen LogP contribution in [0.2, 0.25) is 0 Å². The maximum atomic E-state index is 5.60. The molecule has 24 aromatic carbocycles. The fraction of sp³-hybridized carbons (Fsp3) is 0.0657. The lowest BCUT2D eigenvalue weighted by atomic mass is 9.81. The van der Waals surface area contributed by atoms with Gasteiger partial charge in [-0.1, -0.05) is 406 Å². The van der Waals surface area contributed by atoms with Gasteiger partial charge in [-0.2, -0.15) is 0 Å². The maximum Gasteiger partial charge on any atom is 0.165 e. The van der Waals surface area contributed by atoms with Crippen LogP contribution in [-0.4, -0.2) is 43.6 Å². The van der Waals surface area contributed by atoms with E-state index in [4.69, 9.17) is 29.9 Å². The molecular weight excluding hydrogens is 1770 g/mol. The largest absolute Gasteiger partial charge is 0.309 e. The number of nitrogens with zero attached hydrogens (tertiary/aromatic N) is 9. The zero-order valence-corrected chi connectivity index (χ0v) is 81.0. The van der Waals surface area contributed by atoms with Gasteiger partial charge in [0, 0.05) is 87.3 Å². The molecule has 9 heteroatoms. The highest BCUT2D eigenvalue weighted by atomic mass is 15.1. The summed E-state index contributed by atoms with van der Waals surface area (Å²) >= 11 is 0. The number of rotatable bonds is 7. The van der Waals surface area contributed by atoms with Crippen LogP contribution < -0.4 is 0 Å². The van der Waals surface area contributed by atoms with Crippen LogP contribution in [0, 0.1) is 0 Å². The van der Waals surface area contributed by atoms with Crippen molar-refractivity contribution >= 4 is 217 Å². The molecule has 0 amide bonds. The second kappa shape index (κ2) is 30.3. The zero-order chi connectivity index (χ0) is 96.6. The van der Waals surface area contributed by atoms with Gasteiger partial charge in [0.1, 0.15) is 11.4 Å². The number of benzene rings is 21. The van der Waals surface area contributed by atoms with Crippen LogP contribution in [0.1, 0.15) is 74.9 Å². The summed E-state index contributed by atoms with van der Waals surface area (Å²) in [5.74, 6) is 1.69. The first-order valence-corrected chi connectivity index (χ1v) is 50.7. The molecule has 0 spiro atoms. The van der Waals surface area contributed by atoms with Crippen molar-refractivity contribution in [2.24, 2.45) is 0 Å². The highest BCUT2D eigenvalue weighted by Crippen LogP contribution is 2.59. The summed E-state index contributed by atoms with van der Waals surface area (Å²) in [5.41, 5.74) is 29.1. The van der Waals surface area contributed by atoms with Crippen molar-refractivity contribution in [1.29, 1.82) is 0 Å². The molecule has 0 fully saturated rings. The minimum Gasteiger partial charge on any atom is -0.309 e. The van der Waals surface area contributed by atoms with Gasteiger partial charge in [-0.3, -0.25) is 9.13 Å². The first kappa shape index (κ1) is 82.3. The molecule has 0 aliphatic heterocycles. The van der Waals surface area contributed by atoms with Crippen molar-refractivity contribution in [3.63, 3.8) is 0 Å². The first-order chi connectivity index (χ1) is 71.8. The monoisotopic (exact) mass is 1860 g/mol. The normalized spacial score (nSPS) is 13.7. The Hall–Kier alpha value is -18.4. The van der Waals surface area contributed by atoms with Gasteiger partial charge >= 0.3 is 0 Å². The maximum absolute atomic E-state index is 5.60. The van der Waals surface area contributed by atoms with E-state index in [2.05, 4.69) is 474 Å². The van der Waals surface area contributed by atoms with Crippen molar-refractivity contribution < 1.29 is 0 Å². The third-order valence-corrected chi connectivity index (χ3v) is 33.0. The molecule has 30 aromatic rings. The Balaban J connectivity index is 0.0000000995. The van der Waals surface area contributed by atoms with Gasteiger partial charge in [0.2, 0.25) is 0 Å². The van der Waals surface area contributed by atoms with Crippen LogP contribution in [0.25, 0.3) is 279 Å². The summed E-state index contributed by atoms with van der Waals surface area (Å²) in [6.45, 7) is 14.3. The summed E-state index contributed by atoms with van der Waals surface area (Å²) in [6, 6.07) is 156. The molecule has 0 saturated heterocycles. The van der Waals surface area contributed by atoms with Gasteiger partial charge in [-0.15, -0.1) is 0 Å². The van der Waals surface area contributed by atoms with Gasteiger partial charge in [-0.25, -0.2) is 29.9 Å². The Kier molecular flexibility index (Phi) is 17.1. The topological polar surface area (TPSA) is 92.1 Å². The van der Waals surface area contributed by atoms with Gasteiger partial charge in [0.25, 0.3) is 0 Å². The number of aromatic nitrogens is 9. The van der Waals surface area contributed by atoms with Crippen LogP contribution in [0.3, 0.4) is 0 Å². The van der Waals surface area contributed by atoms with E-state index in [0.717, 1.165) is 139 Å². The summed E-state index contributed by atoms with van der Waals surface area (Å²) in [6.07, 6.45) is 0. The molecule has 6 heterocycles. The van der Waals surface area contributed by atoms with Crippen LogP contribution in [0.5, 0.6) is 0 Å². The smallest absolute Gasteiger partial charge is 0.165 e. The van der Waals surface area contributed by atoms with E-state index < -0.39 is 0 Å². The third kappa shape index (κ3) is 11.3. The number of hydrogen-bond acceptors (Lipinski definition) is 6. The summed E-state index contributed by atoms with van der Waals surface area (Å²) in [5, 5.41) is 35.9. The van der Waals surface area contributed by atoms with E-state index in [1.54, 1.807) is 0 Å². The summed E-state index contributed by atoms with van der Waals surface area (Å²) < 4.78 is 7.23. The molecule has 6 aromatic heterocycles. The quantitative estimate of drug-likeness (QED) is 0.148. The average Bonchev–Trinajstić information content (AvgIpc) is 1.52. The second-order valence-corrected chi connectivity index (χ2v) is 41.6. The van der Waals surface area contributed by atoms with Crippen LogP contribution in [0.15, 0.2) is 431 Å². The molecule has 0 unspecified atom stereocenters. The van der Waals surface area contributed by atoms with E-state index in [1.165, 1.54) is 174 Å². The van der Waals surface area contributed by atoms with Crippen molar-refractivity contribution in [3.8, 4) is 62.4 Å². The minimum absolute atomic E-state index is 0.111. The molecule has 0 saturated carbocycles. The van der Waals surface area contributed by atoms with E-state index in [1.807, 2.05) is 12.1 Å². The lowest BCUT2D eigenvalue weighted by Gasteiger charge is -2.22. The summed E-state index contributed by atoms with van der Waals surface area (Å²) in [7, 11) is 0. The molecule has 0 N–H and O–H groups in total. The van der Waals surface area contributed by atoms with Crippen molar-refractivity contribution in [1.82, 2.24) is 43.6 Å². The molecule has 3 aliphatic rings. The molecule has 3 aliphatic carbocycles. The van der Waals surface area contributed by atoms with E-state index in [-0.39, 0.29) is 16.2 Å². The van der Waals surface area contributed by atoms with Crippen LogP contribution in [0.4, 0.5) is 0 Å². The van der Waals surface area contributed by atoms with Crippen molar-refractivity contribution in [2.45, 2.75) is 57.8 Å². The first-order valence-electron chi connectivity index (χ1n) is 50.7. The Bertz CT molecular complexity index is 11100. The number of hydrogen-bond donors (Lipinski definition) is 0. The van der Waals surface area contributed by atoms with Gasteiger partial charge < -0.3 is 4.57 Å². The number of fused-ring (bicyclic) bond motifs is 16. The Morgan fingerprint density at radius 2 is 0.438 bits per heavy atom. The molecule has 9 nitrogen and oxygen atoms in total. The van der Waals surface area contributed by atoms with Crippen molar-refractivity contribution in [3.05, 3.63) is 464 Å². The Morgan fingerprint density at radius 3 is 0.836 bits per heavy atom. The Morgan fingerprint density at radius 1 is 0.164 bits per heavy atom. The lowest BCUT2D eigenvalue weighted by Crippen LogP contribution is -2.15. The molecule has 0 atom stereocenters. The highest BCUT2D eigenvalue weighted by Gasteiger charge is 2.41. The minimum atomic E-state index is -0.131. The van der Waals surface area contributed by atoms with Gasteiger partial charge in [0.05, 0.1) is 77.6 Å². The lowest BCUT2D eigenvalue weighted by molar-refractivity contribution is 0.663.